The Kier molecular flexibility index (Phi) is 9.06. The van der Waals surface area contributed by atoms with E-state index in [0.29, 0.717) is 12.2 Å². The lowest BCUT2D eigenvalue weighted by atomic mass is 10.1. The highest BCUT2D eigenvalue weighted by atomic mass is 79.9. The fourth-order valence-electron chi connectivity index (χ4n) is 2.97. The molecule has 168 valence electrons. The molecule has 2 amide bonds. The van der Waals surface area contributed by atoms with Crippen LogP contribution in [-0.2, 0) is 26.2 Å². The minimum Gasteiger partial charge on any atom is -0.354 e. The average Bonchev–Trinajstić information content (AvgIpc) is 2.74. The first-order valence-electron chi connectivity index (χ1n) is 9.98. The number of anilines is 1. The molecule has 2 rings (SSSR count). The summed E-state index contributed by atoms with van der Waals surface area (Å²) in [5.41, 5.74) is 1.22. The van der Waals surface area contributed by atoms with E-state index in [-0.39, 0.29) is 12.5 Å². The molecule has 0 aliphatic heterocycles. The second-order valence-electron chi connectivity index (χ2n) is 7.22. The van der Waals surface area contributed by atoms with Crippen molar-refractivity contribution in [3.05, 3.63) is 64.6 Å². The first-order chi connectivity index (χ1) is 14.6. The highest BCUT2D eigenvalue weighted by Crippen LogP contribution is 2.19. The second-order valence-corrected chi connectivity index (χ2v) is 10.0. The van der Waals surface area contributed by atoms with Crippen molar-refractivity contribution in [3.8, 4) is 0 Å². The van der Waals surface area contributed by atoms with Crippen molar-refractivity contribution in [1.29, 1.82) is 0 Å². The molecule has 0 bridgehead atoms. The largest absolute Gasteiger partial charge is 0.354 e. The lowest BCUT2D eigenvalue weighted by Crippen LogP contribution is -2.51. The highest BCUT2D eigenvalue weighted by molar-refractivity contribution is 9.10. The maximum absolute atomic E-state index is 13.3. The van der Waals surface area contributed by atoms with Crippen LogP contribution in [0.5, 0.6) is 0 Å². The van der Waals surface area contributed by atoms with Gasteiger partial charge in [0.15, 0.2) is 0 Å². The van der Waals surface area contributed by atoms with Gasteiger partial charge in [-0.2, -0.15) is 0 Å². The van der Waals surface area contributed by atoms with Gasteiger partial charge in [-0.1, -0.05) is 53.2 Å². The Bertz CT molecular complexity index is 982. The van der Waals surface area contributed by atoms with E-state index in [4.69, 9.17) is 0 Å². The predicted octanol–water partition coefficient (Wildman–Crippen LogP) is 3.16. The quantitative estimate of drug-likeness (QED) is 0.532. The smallest absolute Gasteiger partial charge is 0.244 e. The molecule has 1 N–H and O–H groups in total. The van der Waals surface area contributed by atoms with Crippen molar-refractivity contribution < 1.29 is 18.0 Å². The minimum absolute atomic E-state index is 0.180. The molecule has 2 aromatic carbocycles. The average molecular weight is 510 g/mol. The minimum atomic E-state index is -3.71. The van der Waals surface area contributed by atoms with Crippen LogP contribution in [0.25, 0.3) is 0 Å². The van der Waals surface area contributed by atoms with Crippen LogP contribution >= 0.6 is 15.9 Å². The molecule has 2 aromatic rings. The van der Waals surface area contributed by atoms with Gasteiger partial charge in [0.2, 0.25) is 21.8 Å². The lowest BCUT2D eigenvalue weighted by molar-refractivity contribution is -0.139. The van der Waals surface area contributed by atoms with Crippen LogP contribution in [0.2, 0.25) is 0 Å². The summed E-state index contributed by atoms with van der Waals surface area (Å²) in [6, 6.07) is 15.1. The van der Waals surface area contributed by atoms with E-state index in [0.717, 1.165) is 27.0 Å². The molecule has 0 radical (unpaired) electrons. The molecule has 0 heterocycles. The molecule has 0 saturated carbocycles. The molecule has 0 aliphatic rings. The molecule has 0 aromatic heterocycles. The van der Waals surface area contributed by atoms with E-state index in [1.165, 1.54) is 4.90 Å². The van der Waals surface area contributed by atoms with Crippen LogP contribution in [0, 0.1) is 0 Å². The van der Waals surface area contributed by atoms with Crippen molar-refractivity contribution in [3.63, 3.8) is 0 Å². The summed E-state index contributed by atoms with van der Waals surface area (Å²) in [6.07, 6.45) is 1.83. The van der Waals surface area contributed by atoms with Gasteiger partial charge in [0, 0.05) is 17.6 Å². The third-order valence-electron chi connectivity index (χ3n) is 4.71. The SMILES string of the molecule is CCCNC(=O)[C@H](C)N(Cc1ccc(Br)cc1)C(=O)CN(c1ccccc1)S(C)(=O)=O. The van der Waals surface area contributed by atoms with Gasteiger partial charge < -0.3 is 10.2 Å². The first-order valence-corrected chi connectivity index (χ1v) is 12.6. The number of sulfonamides is 1. The van der Waals surface area contributed by atoms with Crippen LogP contribution in [0.3, 0.4) is 0 Å². The Hall–Kier alpha value is -2.39. The summed E-state index contributed by atoms with van der Waals surface area (Å²) in [5, 5.41) is 2.81. The molecular formula is C22H28BrN3O4S. The summed E-state index contributed by atoms with van der Waals surface area (Å²) in [5.74, 6) is -0.741. The summed E-state index contributed by atoms with van der Waals surface area (Å²) in [6.45, 7) is 3.88. The summed E-state index contributed by atoms with van der Waals surface area (Å²) in [4.78, 5) is 27.3. The van der Waals surface area contributed by atoms with E-state index in [1.54, 1.807) is 37.3 Å². The number of carbonyl (C=O) groups is 2. The van der Waals surface area contributed by atoms with Gasteiger partial charge in [-0.3, -0.25) is 13.9 Å². The number of halogens is 1. The number of amides is 2. The van der Waals surface area contributed by atoms with Crippen LogP contribution in [0.15, 0.2) is 59.1 Å². The topological polar surface area (TPSA) is 86.8 Å². The number of carbonyl (C=O) groups excluding carboxylic acids is 2. The Morgan fingerprint density at radius 3 is 2.23 bits per heavy atom. The Morgan fingerprint density at radius 2 is 1.68 bits per heavy atom. The van der Waals surface area contributed by atoms with Crippen LogP contribution in [0.1, 0.15) is 25.8 Å². The number of rotatable bonds is 10. The summed E-state index contributed by atoms with van der Waals surface area (Å²) in [7, 11) is -3.71. The van der Waals surface area contributed by atoms with Gasteiger partial charge in [0.25, 0.3) is 0 Å². The molecular weight excluding hydrogens is 482 g/mol. The second kappa shape index (κ2) is 11.3. The van der Waals surface area contributed by atoms with Crippen molar-refractivity contribution in [2.75, 3.05) is 23.7 Å². The normalized spacial score (nSPS) is 12.1. The van der Waals surface area contributed by atoms with Crippen molar-refractivity contribution in [1.82, 2.24) is 10.2 Å². The Morgan fingerprint density at radius 1 is 1.06 bits per heavy atom. The monoisotopic (exact) mass is 509 g/mol. The maximum Gasteiger partial charge on any atom is 0.244 e. The van der Waals surface area contributed by atoms with Gasteiger partial charge in [0.1, 0.15) is 12.6 Å². The molecule has 7 nitrogen and oxygen atoms in total. The maximum atomic E-state index is 13.3. The standard InChI is InChI=1S/C22H28BrN3O4S/c1-4-14-24-22(28)17(2)25(15-18-10-12-19(23)13-11-18)21(27)16-26(31(3,29)30)20-8-6-5-7-9-20/h5-13,17H,4,14-16H2,1-3H3,(H,24,28)/t17-/m0/s1. The third-order valence-corrected chi connectivity index (χ3v) is 6.38. The van der Waals surface area contributed by atoms with E-state index in [9.17, 15) is 18.0 Å². The Labute approximate surface area is 192 Å². The van der Waals surface area contributed by atoms with Crippen molar-refractivity contribution in [2.24, 2.45) is 0 Å². The molecule has 1 atom stereocenters. The molecule has 9 heteroatoms. The van der Waals surface area contributed by atoms with Crippen molar-refractivity contribution in [2.45, 2.75) is 32.9 Å². The zero-order chi connectivity index (χ0) is 23.0. The number of para-hydroxylation sites is 1. The van der Waals surface area contributed by atoms with E-state index in [1.807, 2.05) is 31.2 Å². The van der Waals surface area contributed by atoms with E-state index >= 15 is 0 Å². The molecule has 0 unspecified atom stereocenters. The molecule has 0 fully saturated rings. The van der Waals surface area contributed by atoms with Crippen LogP contribution < -0.4 is 9.62 Å². The molecule has 0 saturated heterocycles. The third kappa shape index (κ3) is 7.36. The highest BCUT2D eigenvalue weighted by Gasteiger charge is 2.29. The van der Waals surface area contributed by atoms with E-state index < -0.39 is 28.5 Å². The fourth-order valence-corrected chi connectivity index (χ4v) is 4.09. The summed E-state index contributed by atoms with van der Waals surface area (Å²) < 4.78 is 26.8. The lowest BCUT2D eigenvalue weighted by Gasteiger charge is -2.31. The van der Waals surface area contributed by atoms with Crippen LogP contribution in [0.4, 0.5) is 5.69 Å². The predicted molar refractivity (Wildman–Crippen MR) is 126 cm³/mol. The van der Waals surface area contributed by atoms with Gasteiger partial charge in [-0.25, -0.2) is 8.42 Å². The van der Waals surface area contributed by atoms with E-state index in [2.05, 4.69) is 21.2 Å². The number of nitrogens with one attached hydrogen (secondary N) is 1. The van der Waals surface area contributed by atoms with Crippen LogP contribution in [-0.4, -0.2) is 50.5 Å². The number of benzene rings is 2. The van der Waals surface area contributed by atoms with Gasteiger partial charge >= 0.3 is 0 Å². The zero-order valence-electron chi connectivity index (χ0n) is 17.9. The van der Waals surface area contributed by atoms with Gasteiger partial charge in [-0.05, 0) is 43.2 Å². The van der Waals surface area contributed by atoms with Gasteiger partial charge in [-0.15, -0.1) is 0 Å². The molecule has 31 heavy (non-hydrogen) atoms. The Balaban J connectivity index is 2.32. The first kappa shape index (κ1) is 24.9. The van der Waals surface area contributed by atoms with Crippen molar-refractivity contribution >= 4 is 43.5 Å². The number of hydrogen-bond acceptors (Lipinski definition) is 4. The zero-order valence-corrected chi connectivity index (χ0v) is 20.3. The molecule has 0 spiro atoms. The number of hydrogen-bond donors (Lipinski definition) is 1. The molecule has 0 aliphatic carbocycles. The van der Waals surface area contributed by atoms with Gasteiger partial charge in [0.05, 0.1) is 11.9 Å². The number of nitrogens with zero attached hydrogens (tertiary/aromatic N) is 2. The fraction of sp³-hybridized carbons (Fsp3) is 0.364. The summed E-state index contributed by atoms with van der Waals surface area (Å²) >= 11 is 3.38.